The zero-order chi connectivity index (χ0) is 14.3. The van der Waals surface area contributed by atoms with Crippen molar-refractivity contribution in [3.05, 3.63) is 59.7 Å². The molecule has 2 nitrogen and oxygen atoms in total. The highest BCUT2D eigenvalue weighted by atomic mass is 16.6. The van der Waals surface area contributed by atoms with Crippen LogP contribution in [-0.2, 0) is 9.47 Å². The zero-order valence-corrected chi connectivity index (χ0v) is 12.0. The van der Waals surface area contributed by atoms with Crippen molar-refractivity contribution < 1.29 is 9.47 Å². The van der Waals surface area contributed by atoms with Gasteiger partial charge in [0.25, 0.3) is 0 Å². The van der Waals surface area contributed by atoms with Crippen molar-refractivity contribution in [2.24, 2.45) is 0 Å². The van der Waals surface area contributed by atoms with Crippen molar-refractivity contribution in [3.8, 4) is 0 Å². The number of hydrogen-bond acceptors (Lipinski definition) is 2. The van der Waals surface area contributed by atoms with Gasteiger partial charge in [-0.2, -0.15) is 0 Å². The first-order valence-corrected chi connectivity index (χ1v) is 7.84. The molecule has 0 bridgehead atoms. The Morgan fingerprint density at radius 2 is 1.00 bits per heavy atom. The smallest absolute Gasteiger partial charge is 0.107 e. The highest BCUT2D eigenvalue weighted by molar-refractivity contribution is 6.24. The van der Waals surface area contributed by atoms with Gasteiger partial charge in [-0.05, 0) is 43.4 Å². The Balaban J connectivity index is 1.84. The molecule has 0 amide bonds. The minimum atomic E-state index is 0.288. The van der Waals surface area contributed by atoms with Crippen LogP contribution in [0.4, 0.5) is 0 Å². The normalized spacial score (nSPS) is 23.6. The quantitative estimate of drug-likeness (QED) is 0.393. The molecule has 2 aliphatic heterocycles. The van der Waals surface area contributed by atoms with E-state index in [0.717, 1.165) is 13.2 Å². The molecule has 22 heavy (non-hydrogen) atoms. The molecule has 0 radical (unpaired) electrons. The van der Waals surface area contributed by atoms with Crippen molar-refractivity contribution in [2.45, 2.75) is 12.2 Å². The molecule has 106 valence electrons. The van der Waals surface area contributed by atoms with Gasteiger partial charge in [0.15, 0.2) is 0 Å². The summed E-state index contributed by atoms with van der Waals surface area (Å²) in [4.78, 5) is 0. The van der Waals surface area contributed by atoms with Crippen LogP contribution in [0.25, 0.3) is 32.3 Å². The number of epoxide rings is 2. The number of hydrogen-bond donors (Lipinski definition) is 0. The molecule has 2 atom stereocenters. The van der Waals surface area contributed by atoms with Gasteiger partial charge in [-0.15, -0.1) is 0 Å². The molecule has 2 heteroatoms. The molecule has 2 saturated heterocycles. The van der Waals surface area contributed by atoms with Gasteiger partial charge in [0.05, 0.1) is 13.2 Å². The van der Waals surface area contributed by atoms with Gasteiger partial charge in [-0.25, -0.2) is 0 Å². The highest BCUT2D eigenvalue weighted by Crippen LogP contribution is 2.44. The summed E-state index contributed by atoms with van der Waals surface area (Å²) >= 11 is 0. The van der Waals surface area contributed by atoms with Crippen LogP contribution in [0.1, 0.15) is 23.3 Å². The van der Waals surface area contributed by atoms with E-state index in [1.165, 1.54) is 43.4 Å². The third-order valence-corrected chi connectivity index (χ3v) is 5.09. The molecule has 4 aromatic rings. The van der Waals surface area contributed by atoms with Crippen LogP contribution in [0.15, 0.2) is 48.5 Å². The van der Waals surface area contributed by atoms with Crippen LogP contribution in [-0.4, -0.2) is 13.2 Å². The molecule has 0 N–H and O–H groups in total. The second-order valence-electron chi connectivity index (χ2n) is 6.38. The number of benzene rings is 4. The van der Waals surface area contributed by atoms with E-state index in [1.807, 2.05) is 0 Å². The molecular formula is C20H14O2. The predicted octanol–water partition coefficient (Wildman–Crippen LogP) is 4.73. The average Bonchev–Trinajstić information content (AvgIpc) is 3.45. The summed E-state index contributed by atoms with van der Waals surface area (Å²) in [5.74, 6) is 0. The molecular weight excluding hydrogens is 272 g/mol. The monoisotopic (exact) mass is 286 g/mol. The second-order valence-corrected chi connectivity index (χ2v) is 6.38. The molecule has 2 fully saturated rings. The Bertz CT molecular complexity index is 956. The molecule has 6 rings (SSSR count). The van der Waals surface area contributed by atoms with Gasteiger partial charge in [0.2, 0.25) is 0 Å². The summed E-state index contributed by atoms with van der Waals surface area (Å²) in [6, 6.07) is 17.9. The second kappa shape index (κ2) is 3.78. The molecule has 0 aliphatic carbocycles. The third-order valence-electron chi connectivity index (χ3n) is 5.09. The van der Waals surface area contributed by atoms with Crippen LogP contribution in [0.3, 0.4) is 0 Å². The number of ether oxygens (including phenoxy) is 2. The lowest BCUT2D eigenvalue weighted by Crippen LogP contribution is -1.91. The van der Waals surface area contributed by atoms with Crippen molar-refractivity contribution >= 4 is 32.3 Å². The highest BCUT2D eigenvalue weighted by Gasteiger charge is 2.29. The van der Waals surface area contributed by atoms with E-state index in [0.29, 0.717) is 0 Å². The fourth-order valence-corrected chi connectivity index (χ4v) is 3.86. The van der Waals surface area contributed by atoms with E-state index in [1.54, 1.807) is 0 Å². The fourth-order valence-electron chi connectivity index (χ4n) is 3.86. The van der Waals surface area contributed by atoms with Gasteiger partial charge in [0, 0.05) is 0 Å². The van der Waals surface area contributed by atoms with Crippen LogP contribution in [0.5, 0.6) is 0 Å². The van der Waals surface area contributed by atoms with Gasteiger partial charge in [-0.3, -0.25) is 0 Å². The molecule has 0 spiro atoms. The Morgan fingerprint density at radius 1 is 0.591 bits per heavy atom. The molecule has 2 unspecified atom stereocenters. The first-order valence-electron chi connectivity index (χ1n) is 7.84. The summed E-state index contributed by atoms with van der Waals surface area (Å²) in [7, 11) is 0. The minimum Gasteiger partial charge on any atom is -0.368 e. The van der Waals surface area contributed by atoms with Crippen LogP contribution in [0, 0.1) is 0 Å². The van der Waals surface area contributed by atoms with E-state index in [9.17, 15) is 0 Å². The maximum Gasteiger partial charge on any atom is 0.107 e. The average molecular weight is 286 g/mol. The zero-order valence-electron chi connectivity index (χ0n) is 12.0. The molecule has 2 aliphatic rings. The van der Waals surface area contributed by atoms with Crippen LogP contribution < -0.4 is 0 Å². The Labute approximate surface area is 127 Å². The van der Waals surface area contributed by atoms with Crippen LogP contribution >= 0.6 is 0 Å². The largest absolute Gasteiger partial charge is 0.368 e. The fraction of sp³-hybridized carbons (Fsp3) is 0.200. The maximum atomic E-state index is 5.54. The Morgan fingerprint density at radius 3 is 1.41 bits per heavy atom. The van der Waals surface area contributed by atoms with E-state index >= 15 is 0 Å². The van der Waals surface area contributed by atoms with E-state index < -0.39 is 0 Å². The van der Waals surface area contributed by atoms with Crippen molar-refractivity contribution in [2.75, 3.05) is 13.2 Å². The lowest BCUT2D eigenvalue weighted by atomic mass is 9.89. The predicted molar refractivity (Wildman–Crippen MR) is 87.5 cm³/mol. The molecule has 4 aromatic carbocycles. The standard InChI is InChI=1S/C20H14O2/c1-5-13(17-9-21-17)15-8-4-12-2-6-14(18-10-22-18)16-7-3-11(1)19(15)20(12)16/h1-8,17-18H,9-10H2. The number of rotatable bonds is 2. The molecule has 0 saturated carbocycles. The summed E-state index contributed by atoms with van der Waals surface area (Å²) in [6.45, 7) is 1.70. The van der Waals surface area contributed by atoms with Crippen molar-refractivity contribution in [3.63, 3.8) is 0 Å². The van der Waals surface area contributed by atoms with Crippen molar-refractivity contribution in [1.82, 2.24) is 0 Å². The lowest BCUT2D eigenvalue weighted by Gasteiger charge is -2.14. The first-order chi connectivity index (χ1) is 10.9. The Hall–Kier alpha value is -2.16. The summed E-state index contributed by atoms with van der Waals surface area (Å²) < 4.78 is 11.1. The summed E-state index contributed by atoms with van der Waals surface area (Å²) in [5, 5.41) is 8.06. The van der Waals surface area contributed by atoms with Gasteiger partial charge >= 0.3 is 0 Å². The third kappa shape index (κ3) is 1.41. The summed E-state index contributed by atoms with van der Waals surface area (Å²) in [6.07, 6.45) is 0.576. The topological polar surface area (TPSA) is 25.1 Å². The minimum absolute atomic E-state index is 0.288. The lowest BCUT2D eigenvalue weighted by molar-refractivity contribution is 0.416. The van der Waals surface area contributed by atoms with Gasteiger partial charge in [0.1, 0.15) is 12.2 Å². The maximum absolute atomic E-state index is 5.54. The first kappa shape index (κ1) is 11.4. The molecule has 0 aromatic heterocycles. The van der Waals surface area contributed by atoms with Crippen LogP contribution in [0.2, 0.25) is 0 Å². The summed E-state index contributed by atoms with van der Waals surface area (Å²) in [5.41, 5.74) is 2.66. The Kier molecular flexibility index (Phi) is 1.96. The van der Waals surface area contributed by atoms with Gasteiger partial charge in [-0.1, -0.05) is 48.5 Å². The van der Waals surface area contributed by atoms with Gasteiger partial charge < -0.3 is 9.47 Å². The van der Waals surface area contributed by atoms with E-state index in [4.69, 9.17) is 9.47 Å². The molecule has 2 heterocycles. The van der Waals surface area contributed by atoms with E-state index in [-0.39, 0.29) is 12.2 Å². The van der Waals surface area contributed by atoms with Crippen molar-refractivity contribution in [1.29, 1.82) is 0 Å². The van der Waals surface area contributed by atoms with E-state index in [2.05, 4.69) is 48.5 Å². The SMILES string of the molecule is c1cc2ccc3c(C4CO4)ccc4ccc(c1C1CO1)c2c43.